The van der Waals surface area contributed by atoms with Crippen LogP contribution in [0.2, 0.25) is 0 Å². The van der Waals surface area contributed by atoms with Gasteiger partial charge in [-0.1, -0.05) is 60.7 Å². The number of amides is 1. The number of carbonyl (C=O) groups is 1. The van der Waals surface area contributed by atoms with Gasteiger partial charge in [0.15, 0.2) is 0 Å². The molecule has 4 heteroatoms. The third kappa shape index (κ3) is 5.31. The normalized spacial score (nSPS) is 10.5. The van der Waals surface area contributed by atoms with Crippen LogP contribution in [0.5, 0.6) is 17.2 Å². The fourth-order valence-electron chi connectivity index (χ4n) is 3.36. The number of aromatic hydroxyl groups is 1. The number of hydrogen-bond acceptors (Lipinski definition) is 3. The van der Waals surface area contributed by atoms with Gasteiger partial charge in [0.05, 0.1) is 5.56 Å². The Kier molecular flexibility index (Phi) is 6.29. The van der Waals surface area contributed by atoms with E-state index in [1.807, 2.05) is 84.9 Å². The molecule has 0 atom stereocenters. The summed E-state index contributed by atoms with van der Waals surface area (Å²) in [5, 5.41) is 12.9. The van der Waals surface area contributed by atoms with Crippen LogP contribution in [0.15, 0.2) is 103 Å². The number of rotatable bonds is 7. The van der Waals surface area contributed by atoms with Gasteiger partial charge in [0.2, 0.25) is 0 Å². The Morgan fingerprint density at radius 3 is 2.13 bits per heavy atom. The molecule has 0 radical (unpaired) electrons. The number of para-hydroxylation sites is 1. The van der Waals surface area contributed by atoms with Gasteiger partial charge in [-0.2, -0.15) is 0 Å². The van der Waals surface area contributed by atoms with Crippen LogP contribution in [-0.4, -0.2) is 17.6 Å². The molecule has 0 spiro atoms. The lowest BCUT2D eigenvalue weighted by molar-refractivity contribution is 0.0954. The van der Waals surface area contributed by atoms with Gasteiger partial charge in [0, 0.05) is 6.54 Å². The molecule has 4 nitrogen and oxygen atoms in total. The molecular formula is C27H23NO3. The minimum atomic E-state index is -0.216. The zero-order valence-corrected chi connectivity index (χ0v) is 17.0. The Hall–Kier alpha value is -4.05. The van der Waals surface area contributed by atoms with Crippen molar-refractivity contribution >= 4 is 5.91 Å². The zero-order chi connectivity index (χ0) is 21.5. The maximum atomic E-state index is 12.8. The SMILES string of the molecule is O=C(NCCc1ccccc1)c1cc(O)ccc1-c1ccc(Oc2ccccc2)cc1. The molecule has 0 aliphatic rings. The van der Waals surface area contributed by atoms with Crippen LogP contribution in [0.25, 0.3) is 11.1 Å². The molecule has 154 valence electrons. The number of nitrogens with one attached hydrogen (secondary N) is 1. The highest BCUT2D eigenvalue weighted by atomic mass is 16.5. The molecule has 4 aromatic rings. The first-order chi connectivity index (χ1) is 15.2. The molecule has 0 saturated heterocycles. The number of benzene rings is 4. The standard InChI is InChI=1S/C27H23NO3/c29-22-13-16-25(21-11-14-24(15-12-21)31-23-9-5-2-6-10-23)26(19-22)27(30)28-18-17-20-7-3-1-4-8-20/h1-16,19,29H,17-18H2,(H,28,30). The Morgan fingerprint density at radius 1 is 0.774 bits per heavy atom. The van der Waals surface area contributed by atoms with E-state index in [0.717, 1.165) is 28.9 Å². The van der Waals surface area contributed by atoms with Crippen molar-refractivity contribution in [3.8, 4) is 28.4 Å². The summed E-state index contributed by atoms with van der Waals surface area (Å²) in [5.74, 6) is 1.31. The Morgan fingerprint density at radius 2 is 1.42 bits per heavy atom. The average molecular weight is 409 g/mol. The van der Waals surface area contributed by atoms with Crippen LogP contribution in [0, 0.1) is 0 Å². The van der Waals surface area contributed by atoms with Crippen molar-refractivity contribution in [2.24, 2.45) is 0 Å². The molecule has 4 rings (SSSR count). The van der Waals surface area contributed by atoms with Crippen molar-refractivity contribution < 1.29 is 14.6 Å². The first kappa shape index (κ1) is 20.2. The van der Waals surface area contributed by atoms with Gasteiger partial charge in [0.1, 0.15) is 17.2 Å². The molecule has 4 aromatic carbocycles. The van der Waals surface area contributed by atoms with E-state index >= 15 is 0 Å². The van der Waals surface area contributed by atoms with Crippen molar-refractivity contribution in [3.05, 3.63) is 114 Å². The van der Waals surface area contributed by atoms with E-state index in [9.17, 15) is 9.90 Å². The Labute approximate surface area is 181 Å². The van der Waals surface area contributed by atoms with Gasteiger partial charge in [-0.25, -0.2) is 0 Å². The second kappa shape index (κ2) is 9.63. The lowest BCUT2D eigenvalue weighted by Gasteiger charge is -2.12. The van der Waals surface area contributed by atoms with Gasteiger partial charge in [-0.3, -0.25) is 4.79 Å². The van der Waals surface area contributed by atoms with Gasteiger partial charge >= 0.3 is 0 Å². The van der Waals surface area contributed by atoms with Crippen LogP contribution in [0.1, 0.15) is 15.9 Å². The molecule has 0 aliphatic heterocycles. The minimum absolute atomic E-state index is 0.0565. The largest absolute Gasteiger partial charge is 0.508 e. The van der Waals surface area contributed by atoms with Gasteiger partial charge < -0.3 is 15.2 Å². The molecule has 2 N–H and O–H groups in total. The smallest absolute Gasteiger partial charge is 0.252 e. The quantitative estimate of drug-likeness (QED) is 0.404. The summed E-state index contributed by atoms with van der Waals surface area (Å²) in [7, 11) is 0. The topological polar surface area (TPSA) is 58.6 Å². The van der Waals surface area contributed by atoms with Crippen molar-refractivity contribution in [2.45, 2.75) is 6.42 Å². The van der Waals surface area contributed by atoms with Crippen LogP contribution in [0.3, 0.4) is 0 Å². The molecule has 0 fully saturated rings. The predicted molar refractivity (Wildman–Crippen MR) is 123 cm³/mol. The van der Waals surface area contributed by atoms with Crippen LogP contribution >= 0.6 is 0 Å². The van der Waals surface area contributed by atoms with Crippen molar-refractivity contribution in [3.63, 3.8) is 0 Å². The molecule has 0 bridgehead atoms. The maximum Gasteiger partial charge on any atom is 0.252 e. The summed E-state index contributed by atoms with van der Waals surface area (Å²) >= 11 is 0. The van der Waals surface area contributed by atoms with Gasteiger partial charge in [-0.15, -0.1) is 0 Å². The Bertz CT molecular complexity index is 1140. The fourth-order valence-corrected chi connectivity index (χ4v) is 3.36. The molecule has 0 aromatic heterocycles. The van der Waals surface area contributed by atoms with E-state index in [1.54, 1.807) is 12.1 Å². The van der Waals surface area contributed by atoms with Crippen LogP contribution < -0.4 is 10.1 Å². The van der Waals surface area contributed by atoms with E-state index in [0.29, 0.717) is 17.9 Å². The van der Waals surface area contributed by atoms with Gasteiger partial charge in [-0.05, 0) is 65.6 Å². The third-order valence-corrected chi connectivity index (χ3v) is 4.93. The first-order valence-electron chi connectivity index (χ1n) is 10.2. The van der Waals surface area contributed by atoms with Crippen molar-refractivity contribution in [2.75, 3.05) is 6.54 Å². The summed E-state index contributed by atoms with van der Waals surface area (Å²) in [4.78, 5) is 12.8. The molecule has 31 heavy (non-hydrogen) atoms. The second-order valence-corrected chi connectivity index (χ2v) is 7.16. The molecule has 0 saturated carbocycles. The zero-order valence-electron chi connectivity index (χ0n) is 17.0. The highest BCUT2D eigenvalue weighted by molar-refractivity contribution is 6.01. The van der Waals surface area contributed by atoms with Crippen LogP contribution in [-0.2, 0) is 6.42 Å². The Balaban J connectivity index is 1.49. The minimum Gasteiger partial charge on any atom is -0.508 e. The van der Waals surface area contributed by atoms with E-state index < -0.39 is 0 Å². The average Bonchev–Trinajstić information content (AvgIpc) is 2.81. The molecule has 0 unspecified atom stereocenters. The molecule has 0 heterocycles. The number of hydrogen-bond donors (Lipinski definition) is 2. The third-order valence-electron chi connectivity index (χ3n) is 4.93. The van der Waals surface area contributed by atoms with E-state index in [-0.39, 0.29) is 11.7 Å². The van der Waals surface area contributed by atoms with Crippen LogP contribution in [0.4, 0.5) is 0 Å². The summed E-state index contributed by atoms with van der Waals surface area (Å²) in [6.45, 7) is 0.516. The number of ether oxygens (including phenoxy) is 1. The van der Waals surface area contributed by atoms with E-state index in [1.165, 1.54) is 6.07 Å². The summed E-state index contributed by atoms with van der Waals surface area (Å²) in [6.07, 6.45) is 0.742. The van der Waals surface area contributed by atoms with Crippen molar-refractivity contribution in [1.82, 2.24) is 5.32 Å². The number of phenolic OH excluding ortho intramolecular Hbond substituents is 1. The lowest BCUT2D eigenvalue weighted by atomic mass is 9.98. The highest BCUT2D eigenvalue weighted by Crippen LogP contribution is 2.30. The molecular weight excluding hydrogens is 386 g/mol. The summed E-state index contributed by atoms with van der Waals surface area (Å²) in [5.41, 5.74) is 3.22. The van der Waals surface area contributed by atoms with Crippen molar-refractivity contribution in [1.29, 1.82) is 0 Å². The molecule has 0 aliphatic carbocycles. The number of carbonyl (C=O) groups excluding carboxylic acids is 1. The fraction of sp³-hybridized carbons (Fsp3) is 0.0741. The maximum absolute atomic E-state index is 12.8. The van der Waals surface area contributed by atoms with E-state index in [2.05, 4.69) is 5.32 Å². The lowest BCUT2D eigenvalue weighted by Crippen LogP contribution is -2.26. The highest BCUT2D eigenvalue weighted by Gasteiger charge is 2.14. The summed E-state index contributed by atoms with van der Waals surface area (Å²) in [6, 6.07) is 32.0. The second-order valence-electron chi connectivity index (χ2n) is 7.16. The predicted octanol–water partition coefficient (Wildman–Crippen LogP) is 5.82. The molecule has 1 amide bonds. The van der Waals surface area contributed by atoms with E-state index in [4.69, 9.17) is 4.74 Å². The van der Waals surface area contributed by atoms with Gasteiger partial charge in [0.25, 0.3) is 5.91 Å². The summed E-state index contributed by atoms with van der Waals surface area (Å²) < 4.78 is 5.84. The number of phenols is 1. The first-order valence-corrected chi connectivity index (χ1v) is 10.2. The monoisotopic (exact) mass is 409 g/mol.